The molecule has 0 amide bonds. The van der Waals surface area contributed by atoms with Crippen LogP contribution in [0.25, 0.3) is 0 Å². The largest absolute Gasteiger partial charge is 0.469 e. The maximum Gasteiger partial charge on any atom is 0.308 e. The Bertz CT molecular complexity index is 124. The number of rotatable bonds is 2. The quantitative estimate of drug-likeness (QED) is 0.523. The monoisotopic (exact) mass is 129 g/mol. The molecule has 3 heteroatoms. The molecule has 52 valence electrons. The van der Waals surface area contributed by atoms with Crippen molar-refractivity contribution in [3.05, 3.63) is 0 Å². The molecule has 9 heavy (non-hydrogen) atoms. The molecule has 1 aliphatic carbocycles. The van der Waals surface area contributed by atoms with Crippen LogP contribution in [-0.2, 0) is 9.53 Å². The van der Waals surface area contributed by atoms with Crippen molar-refractivity contribution >= 4 is 5.97 Å². The van der Waals surface area contributed by atoms with E-state index < -0.39 is 0 Å². The lowest BCUT2D eigenvalue weighted by Crippen LogP contribution is -2.09. The number of methoxy groups -OCH3 is 1. The average molecular weight is 129 g/mol. The van der Waals surface area contributed by atoms with Gasteiger partial charge >= 0.3 is 5.97 Å². The number of hydrogen-bond donors (Lipinski definition) is 1. The van der Waals surface area contributed by atoms with Gasteiger partial charge in [0, 0.05) is 0 Å². The number of nitrogens with two attached hydrogens (primary N) is 1. The third kappa shape index (κ3) is 1.21. The zero-order chi connectivity index (χ0) is 6.85. The standard InChI is InChI=1S/C6H11NO2/c1-9-6(8)5-2-4(5)3-7/h4-5H,2-3,7H2,1H3. The summed E-state index contributed by atoms with van der Waals surface area (Å²) in [6.45, 7) is 0.611. The SMILES string of the molecule is COC(=O)C1CC1CN. The van der Waals surface area contributed by atoms with E-state index in [1.165, 1.54) is 7.11 Å². The molecule has 0 aromatic heterocycles. The van der Waals surface area contributed by atoms with Crippen LogP contribution in [0.2, 0.25) is 0 Å². The van der Waals surface area contributed by atoms with E-state index in [4.69, 9.17) is 5.73 Å². The van der Waals surface area contributed by atoms with E-state index >= 15 is 0 Å². The Balaban J connectivity index is 2.25. The zero-order valence-corrected chi connectivity index (χ0v) is 5.46. The fraction of sp³-hybridized carbons (Fsp3) is 0.833. The van der Waals surface area contributed by atoms with Gasteiger partial charge in [0.2, 0.25) is 0 Å². The molecule has 0 aromatic carbocycles. The highest BCUT2D eigenvalue weighted by Crippen LogP contribution is 2.37. The van der Waals surface area contributed by atoms with Crippen molar-refractivity contribution in [1.82, 2.24) is 0 Å². The van der Waals surface area contributed by atoms with Crippen LogP contribution in [0.4, 0.5) is 0 Å². The van der Waals surface area contributed by atoms with Gasteiger partial charge in [-0.15, -0.1) is 0 Å². The van der Waals surface area contributed by atoms with Gasteiger partial charge in [-0.3, -0.25) is 4.79 Å². The molecule has 0 heterocycles. The van der Waals surface area contributed by atoms with Crippen LogP contribution in [-0.4, -0.2) is 19.6 Å². The summed E-state index contributed by atoms with van der Waals surface area (Å²) in [7, 11) is 1.41. The maximum absolute atomic E-state index is 10.7. The van der Waals surface area contributed by atoms with Crippen molar-refractivity contribution in [1.29, 1.82) is 0 Å². The molecule has 2 atom stereocenters. The first kappa shape index (κ1) is 6.55. The Morgan fingerprint density at radius 2 is 2.56 bits per heavy atom. The van der Waals surface area contributed by atoms with Gasteiger partial charge in [-0.05, 0) is 18.9 Å². The number of hydrogen-bond acceptors (Lipinski definition) is 3. The topological polar surface area (TPSA) is 52.3 Å². The van der Waals surface area contributed by atoms with Crippen LogP contribution in [0.1, 0.15) is 6.42 Å². The lowest BCUT2D eigenvalue weighted by atomic mass is 10.3. The van der Waals surface area contributed by atoms with Crippen molar-refractivity contribution in [2.45, 2.75) is 6.42 Å². The lowest BCUT2D eigenvalue weighted by molar-refractivity contribution is -0.142. The second kappa shape index (κ2) is 2.35. The molecule has 0 spiro atoms. The van der Waals surface area contributed by atoms with E-state index in [0.717, 1.165) is 6.42 Å². The molecule has 1 aliphatic rings. The third-order valence-corrected chi connectivity index (χ3v) is 1.73. The first-order valence-corrected chi connectivity index (χ1v) is 3.07. The van der Waals surface area contributed by atoms with E-state index in [9.17, 15) is 4.79 Å². The lowest BCUT2D eigenvalue weighted by Gasteiger charge is -1.93. The van der Waals surface area contributed by atoms with E-state index in [1.54, 1.807) is 0 Å². The first-order valence-electron chi connectivity index (χ1n) is 3.07. The van der Waals surface area contributed by atoms with E-state index in [2.05, 4.69) is 4.74 Å². The van der Waals surface area contributed by atoms with Crippen molar-refractivity contribution in [3.8, 4) is 0 Å². The van der Waals surface area contributed by atoms with E-state index in [-0.39, 0.29) is 11.9 Å². The summed E-state index contributed by atoms with van der Waals surface area (Å²) in [5, 5.41) is 0. The van der Waals surface area contributed by atoms with Gasteiger partial charge in [0.15, 0.2) is 0 Å². The van der Waals surface area contributed by atoms with Crippen LogP contribution >= 0.6 is 0 Å². The highest BCUT2D eigenvalue weighted by molar-refractivity contribution is 5.75. The molecular weight excluding hydrogens is 118 g/mol. The highest BCUT2D eigenvalue weighted by Gasteiger charge is 2.42. The number of carbonyl (C=O) groups excluding carboxylic acids is 1. The minimum Gasteiger partial charge on any atom is -0.469 e. The van der Waals surface area contributed by atoms with Gasteiger partial charge in [0.05, 0.1) is 13.0 Å². The van der Waals surface area contributed by atoms with Gasteiger partial charge in [-0.2, -0.15) is 0 Å². The zero-order valence-electron chi connectivity index (χ0n) is 5.46. The second-order valence-electron chi connectivity index (χ2n) is 2.36. The summed E-state index contributed by atoms with van der Waals surface area (Å²) >= 11 is 0. The van der Waals surface area contributed by atoms with E-state index in [1.807, 2.05) is 0 Å². The van der Waals surface area contributed by atoms with Gasteiger partial charge in [-0.1, -0.05) is 0 Å². The molecule has 2 N–H and O–H groups in total. The molecular formula is C6H11NO2. The van der Waals surface area contributed by atoms with Gasteiger partial charge < -0.3 is 10.5 Å². The van der Waals surface area contributed by atoms with Crippen LogP contribution in [0.15, 0.2) is 0 Å². The summed E-state index contributed by atoms with van der Waals surface area (Å²) in [6.07, 6.45) is 0.920. The molecule has 2 unspecified atom stereocenters. The number of ether oxygens (including phenoxy) is 1. The molecule has 0 aromatic rings. The average Bonchev–Trinajstić information content (AvgIpc) is 2.64. The Kier molecular flexibility index (Phi) is 1.71. The number of carbonyl (C=O) groups is 1. The van der Waals surface area contributed by atoms with Gasteiger partial charge in [0.1, 0.15) is 0 Å². The molecule has 1 rings (SSSR count). The maximum atomic E-state index is 10.7. The van der Waals surface area contributed by atoms with Crippen LogP contribution in [0.3, 0.4) is 0 Å². The normalized spacial score (nSPS) is 31.8. The summed E-state index contributed by atoms with van der Waals surface area (Å²) in [5.41, 5.74) is 5.31. The minimum absolute atomic E-state index is 0.106. The summed E-state index contributed by atoms with van der Waals surface area (Å²) in [4.78, 5) is 10.7. The third-order valence-electron chi connectivity index (χ3n) is 1.73. The molecule has 0 saturated heterocycles. The summed E-state index contributed by atoms with van der Waals surface area (Å²) < 4.78 is 4.51. The molecule has 3 nitrogen and oxygen atoms in total. The van der Waals surface area contributed by atoms with Crippen molar-refractivity contribution in [2.24, 2.45) is 17.6 Å². The van der Waals surface area contributed by atoms with Crippen LogP contribution < -0.4 is 5.73 Å². The molecule has 0 bridgehead atoms. The fourth-order valence-corrected chi connectivity index (χ4v) is 0.948. The summed E-state index contributed by atoms with van der Waals surface area (Å²) in [6, 6.07) is 0. The Morgan fingerprint density at radius 3 is 2.89 bits per heavy atom. The Hall–Kier alpha value is -0.570. The van der Waals surface area contributed by atoms with Crippen LogP contribution in [0, 0.1) is 11.8 Å². The minimum atomic E-state index is -0.106. The Labute approximate surface area is 54.2 Å². The van der Waals surface area contributed by atoms with Gasteiger partial charge in [-0.25, -0.2) is 0 Å². The second-order valence-corrected chi connectivity index (χ2v) is 2.36. The van der Waals surface area contributed by atoms with Crippen molar-refractivity contribution in [2.75, 3.05) is 13.7 Å². The Morgan fingerprint density at radius 1 is 1.89 bits per heavy atom. The highest BCUT2D eigenvalue weighted by atomic mass is 16.5. The predicted octanol–water partition coefficient (Wildman–Crippen LogP) is -0.246. The molecule has 1 fully saturated rings. The smallest absolute Gasteiger partial charge is 0.308 e. The molecule has 0 radical (unpaired) electrons. The number of esters is 1. The predicted molar refractivity (Wildman–Crippen MR) is 32.7 cm³/mol. The van der Waals surface area contributed by atoms with Crippen molar-refractivity contribution in [3.63, 3.8) is 0 Å². The molecule has 1 saturated carbocycles. The van der Waals surface area contributed by atoms with Crippen LogP contribution in [0.5, 0.6) is 0 Å². The molecule has 0 aliphatic heterocycles. The van der Waals surface area contributed by atoms with E-state index in [0.29, 0.717) is 12.5 Å². The summed E-state index contributed by atoms with van der Waals surface area (Å²) in [5.74, 6) is 0.405. The first-order chi connectivity index (χ1) is 4.29. The van der Waals surface area contributed by atoms with Gasteiger partial charge in [0.25, 0.3) is 0 Å². The van der Waals surface area contributed by atoms with Crippen molar-refractivity contribution < 1.29 is 9.53 Å². The fourth-order valence-electron chi connectivity index (χ4n) is 0.948.